The summed E-state index contributed by atoms with van der Waals surface area (Å²) in [5.74, 6) is -0.0236. The molecule has 0 aliphatic heterocycles. The molecule has 0 saturated heterocycles. The smallest absolute Gasteiger partial charge is 0.185 e. The van der Waals surface area contributed by atoms with Gasteiger partial charge in [-0.05, 0) is 24.0 Å². The molecule has 0 heterocycles. The highest BCUT2D eigenvalue weighted by Gasteiger charge is 2.16. The zero-order chi connectivity index (χ0) is 16.5. The molecule has 0 radical (unpaired) electrons. The first-order chi connectivity index (χ1) is 11.1. The number of hydrogen-bond donors (Lipinski definition) is 5. The minimum atomic E-state index is -0.463. The summed E-state index contributed by atoms with van der Waals surface area (Å²) in [6.07, 6.45) is 4.64. The highest BCUT2D eigenvalue weighted by Crippen LogP contribution is 2.20. The Bertz CT molecular complexity index is 472. The van der Waals surface area contributed by atoms with Gasteiger partial charge >= 0.3 is 0 Å². The topological polar surface area (TPSA) is 103 Å². The van der Waals surface area contributed by atoms with Crippen LogP contribution in [0.2, 0.25) is 0 Å². The molecule has 6 nitrogen and oxygen atoms in total. The fourth-order valence-corrected chi connectivity index (χ4v) is 2.72. The van der Waals surface area contributed by atoms with Gasteiger partial charge in [0.1, 0.15) is 0 Å². The summed E-state index contributed by atoms with van der Waals surface area (Å²) < 4.78 is 5.70. The summed E-state index contributed by atoms with van der Waals surface area (Å²) >= 11 is 0. The second kappa shape index (κ2) is 9.50. The van der Waals surface area contributed by atoms with Crippen molar-refractivity contribution in [2.45, 2.75) is 51.0 Å². The molecular weight excluding hydrogens is 292 g/mol. The highest BCUT2D eigenvalue weighted by atomic mass is 16.5. The van der Waals surface area contributed by atoms with E-state index < -0.39 is 6.10 Å². The van der Waals surface area contributed by atoms with Crippen LogP contribution in [0.15, 0.2) is 24.3 Å². The first-order valence-corrected chi connectivity index (χ1v) is 8.29. The number of hydrogen-bond acceptors (Lipinski definition) is 4. The first-order valence-electron chi connectivity index (χ1n) is 8.29. The van der Waals surface area contributed by atoms with Crippen LogP contribution in [-0.2, 0) is 17.8 Å². The van der Waals surface area contributed by atoms with E-state index in [2.05, 4.69) is 10.6 Å². The monoisotopic (exact) mass is 320 g/mol. The molecule has 128 valence electrons. The van der Waals surface area contributed by atoms with Crippen molar-refractivity contribution in [1.82, 2.24) is 10.6 Å². The zero-order valence-corrected chi connectivity index (χ0v) is 13.6. The van der Waals surface area contributed by atoms with Crippen molar-refractivity contribution in [2.24, 2.45) is 5.73 Å². The standard InChI is InChI=1S/C17H28N4O2/c18-17(19)21-10-14-7-5-13(6-8-14)9-20-11-15(22)12-23-16-3-1-2-4-16/h5-8,15-16,20,22H,1-4,9-12H2,(H4,18,19,21). The van der Waals surface area contributed by atoms with E-state index >= 15 is 0 Å². The van der Waals surface area contributed by atoms with Crippen LogP contribution in [0.1, 0.15) is 36.8 Å². The number of aliphatic hydroxyl groups is 1. The van der Waals surface area contributed by atoms with Gasteiger partial charge in [-0.2, -0.15) is 0 Å². The van der Waals surface area contributed by atoms with Crippen LogP contribution >= 0.6 is 0 Å². The molecule has 1 saturated carbocycles. The Balaban J connectivity index is 1.60. The summed E-state index contributed by atoms with van der Waals surface area (Å²) in [7, 11) is 0. The minimum Gasteiger partial charge on any atom is -0.389 e. The Labute approximate surface area is 137 Å². The average Bonchev–Trinajstić information content (AvgIpc) is 3.05. The number of guanidine groups is 1. The fraction of sp³-hybridized carbons (Fsp3) is 0.588. The lowest BCUT2D eigenvalue weighted by Gasteiger charge is -2.16. The molecule has 6 N–H and O–H groups in total. The van der Waals surface area contributed by atoms with Gasteiger partial charge in [-0.25, -0.2) is 0 Å². The fourth-order valence-electron chi connectivity index (χ4n) is 2.72. The first kappa shape index (κ1) is 17.7. The van der Waals surface area contributed by atoms with Crippen molar-refractivity contribution in [3.8, 4) is 0 Å². The van der Waals surface area contributed by atoms with Crippen molar-refractivity contribution < 1.29 is 9.84 Å². The lowest BCUT2D eigenvalue weighted by molar-refractivity contribution is -0.00549. The van der Waals surface area contributed by atoms with Gasteiger partial charge in [0.05, 0.1) is 18.8 Å². The van der Waals surface area contributed by atoms with Crippen LogP contribution in [0.4, 0.5) is 0 Å². The minimum absolute atomic E-state index is 0.0236. The van der Waals surface area contributed by atoms with E-state index in [1.807, 2.05) is 24.3 Å². The Morgan fingerprint density at radius 2 is 1.83 bits per heavy atom. The van der Waals surface area contributed by atoms with Crippen LogP contribution in [0, 0.1) is 5.41 Å². The molecule has 1 atom stereocenters. The van der Waals surface area contributed by atoms with E-state index in [0.717, 1.165) is 24.0 Å². The molecule has 1 aliphatic rings. The average molecular weight is 320 g/mol. The summed E-state index contributed by atoms with van der Waals surface area (Å²) in [6, 6.07) is 8.08. The molecule has 1 aromatic carbocycles. The van der Waals surface area contributed by atoms with Crippen molar-refractivity contribution >= 4 is 5.96 Å². The predicted molar refractivity (Wildman–Crippen MR) is 91.1 cm³/mol. The van der Waals surface area contributed by atoms with E-state index in [9.17, 15) is 5.11 Å². The number of nitrogens with two attached hydrogens (primary N) is 1. The number of ether oxygens (including phenoxy) is 1. The van der Waals surface area contributed by atoms with E-state index in [1.54, 1.807) is 0 Å². The lowest BCUT2D eigenvalue weighted by atomic mass is 10.1. The van der Waals surface area contributed by atoms with E-state index in [1.165, 1.54) is 12.8 Å². The van der Waals surface area contributed by atoms with Crippen molar-refractivity contribution in [3.05, 3.63) is 35.4 Å². The summed E-state index contributed by atoms with van der Waals surface area (Å²) in [5.41, 5.74) is 7.49. The van der Waals surface area contributed by atoms with E-state index in [0.29, 0.717) is 32.3 Å². The summed E-state index contributed by atoms with van der Waals surface area (Å²) in [4.78, 5) is 0. The Hall–Kier alpha value is -1.63. The van der Waals surface area contributed by atoms with Gasteiger partial charge < -0.3 is 26.2 Å². The Kier molecular flexibility index (Phi) is 7.32. The quantitative estimate of drug-likeness (QED) is 0.346. The highest BCUT2D eigenvalue weighted by molar-refractivity contribution is 5.74. The van der Waals surface area contributed by atoms with Gasteiger partial charge in [-0.3, -0.25) is 5.41 Å². The third-order valence-electron chi connectivity index (χ3n) is 4.04. The molecule has 2 rings (SSSR count). The Morgan fingerprint density at radius 3 is 2.43 bits per heavy atom. The van der Waals surface area contributed by atoms with Gasteiger partial charge in [0, 0.05) is 19.6 Å². The number of aliphatic hydroxyl groups excluding tert-OH is 1. The third kappa shape index (κ3) is 6.99. The van der Waals surface area contributed by atoms with Gasteiger partial charge in [0.2, 0.25) is 0 Å². The molecule has 1 aliphatic carbocycles. The molecule has 23 heavy (non-hydrogen) atoms. The second-order valence-corrected chi connectivity index (χ2v) is 6.11. The van der Waals surface area contributed by atoms with Crippen molar-refractivity contribution in [3.63, 3.8) is 0 Å². The number of benzene rings is 1. The summed E-state index contributed by atoms with van der Waals surface area (Å²) in [5, 5.41) is 23.1. The molecule has 1 fully saturated rings. The third-order valence-corrected chi connectivity index (χ3v) is 4.04. The molecular formula is C17H28N4O2. The van der Waals surface area contributed by atoms with Gasteiger partial charge in [0.15, 0.2) is 5.96 Å². The number of rotatable bonds is 9. The van der Waals surface area contributed by atoms with Crippen molar-refractivity contribution in [2.75, 3.05) is 13.2 Å². The molecule has 0 bridgehead atoms. The van der Waals surface area contributed by atoms with E-state index in [4.69, 9.17) is 15.9 Å². The second-order valence-electron chi connectivity index (χ2n) is 6.11. The maximum Gasteiger partial charge on any atom is 0.185 e. The van der Waals surface area contributed by atoms with Gasteiger partial charge in [0.25, 0.3) is 0 Å². The van der Waals surface area contributed by atoms with Gasteiger partial charge in [-0.15, -0.1) is 0 Å². The maximum absolute atomic E-state index is 9.93. The molecule has 0 spiro atoms. The van der Waals surface area contributed by atoms with Crippen LogP contribution in [0.25, 0.3) is 0 Å². The van der Waals surface area contributed by atoms with Crippen LogP contribution < -0.4 is 16.4 Å². The normalized spacial score (nSPS) is 16.4. The molecule has 1 aromatic rings. The Morgan fingerprint density at radius 1 is 1.22 bits per heavy atom. The van der Waals surface area contributed by atoms with Crippen LogP contribution in [0.3, 0.4) is 0 Å². The predicted octanol–water partition coefficient (Wildman–Crippen LogP) is 1.08. The molecule has 0 amide bonds. The van der Waals surface area contributed by atoms with E-state index in [-0.39, 0.29) is 5.96 Å². The molecule has 1 unspecified atom stereocenters. The number of nitrogens with one attached hydrogen (secondary N) is 3. The lowest BCUT2D eigenvalue weighted by Crippen LogP contribution is -2.31. The summed E-state index contributed by atoms with van der Waals surface area (Å²) in [6.45, 7) is 2.20. The molecule has 6 heteroatoms. The largest absolute Gasteiger partial charge is 0.389 e. The van der Waals surface area contributed by atoms with Crippen LogP contribution in [0.5, 0.6) is 0 Å². The SMILES string of the molecule is N=C(N)NCc1ccc(CNCC(O)COC2CCCC2)cc1. The van der Waals surface area contributed by atoms with Gasteiger partial charge in [-0.1, -0.05) is 37.1 Å². The van der Waals surface area contributed by atoms with Crippen LogP contribution in [-0.4, -0.2) is 36.4 Å². The zero-order valence-electron chi connectivity index (χ0n) is 13.6. The maximum atomic E-state index is 9.93. The van der Waals surface area contributed by atoms with Crippen molar-refractivity contribution in [1.29, 1.82) is 5.41 Å². The molecule has 0 aromatic heterocycles.